The second-order valence-corrected chi connectivity index (χ2v) is 18.9. The van der Waals surface area contributed by atoms with Crippen LogP contribution in [0.2, 0.25) is 0 Å². The summed E-state index contributed by atoms with van der Waals surface area (Å²) < 4.78 is 16.5. The summed E-state index contributed by atoms with van der Waals surface area (Å²) in [5.74, 6) is -0.0282. The molecule has 1 amide bonds. The maximum atomic E-state index is 13.1. The van der Waals surface area contributed by atoms with E-state index in [1.807, 2.05) is 20.8 Å². The first kappa shape index (κ1) is 64.6. The van der Waals surface area contributed by atoms with Crippen molar-refractivity contribution in [2.75, 3.05) is 19.8 Å². The molecule has 2 atom stereocenters. The van der Waals surface area contributed by atoms with E-state index in [2.05, 4.69) is 27.7 Å². The number of likely N-dealkylation sites (tertiary alicyclic amines) is 1. The number of carbonyl (C=O) groups excluding carboxylic acids is 5. The third-order valence-corrected chi connectivity index (χ3v) is 12.4. The molecule has 0 aromatic rings. The average molecular weight is 922 g/mol. The van der Waals surface area contributed by atoms with E-state index in [9.17, 15) is 24.0 Å². The fourth-order valence-electron chi connectivity index (χ4n) is 8.27. The molecule has 1 heterocycles. The van der Waals surface area contributed by atoms with Gasteiger partial charge in [0, 0.05) is 32.1 Å². The first-order valence-corrected chi connectivity index (χ1v) is 27.9. The highest BCUT2D eigenvalue weighted by Gasteiger charge is 2.42. The van der Waals surface area contributed by atoms with Crippen molar-refractivity contribution >= 4 is 29.6 Å². The van der Waals surface area contributed by atoms with Gasteiger partial charge in [0.25, 0.3) is 0 Å². The summed E-state index contributed by atoms with van der Waals surface area (Å²) in [5.41, 5.74) is 0. The molecule has 0 bridgehead atoms. The van der Waals surface area contributed by atoms with Gasteiger partial charge >= 0.3 is 17.9 Å². The Morgan fingerprint density at radius 1 is 0.477 bits per heavy atom. The number of nitrogens with zero attached hydrogens (tertiary/aromatic N) is 1. The molecular weight excluding hydrogens is 815 g/mol. The number of carbonyl (C=O) groups is 5. The third kappa shape index (κ3) is 42.6. The van der Waals surface area contributed by atoms with Gasteiger partial charge in [0.1, 0.15) is 17.9 Å². The van der Waals surface area contributed by atoms with Crippen molar-refractivity contribution in [3.05, 3.63) is 0 Å². The van der Waals surface area contributed by atoms with Crippen molar-refractivity contribution in [3.63, 3.8) is 0 Å². The third-order valence-electron chi connectivity index (χ3n) is 12.4. The molecule has 9 nitrogen and oxygen atoms in total. The highest BCUT2D eigenvalue weighted by molar-refractivity contribution is 5.85. The van der Waals surface area contributed by atoms with Crippen molar-refractivity contribution in [1.82, 2.24) is 4.90 Å². The van der Waals surface area contributed by atoms with Crippen LogP contribution in [0, 0.1) is 5.92 Å². The van der Waals surface area contributed by atoms with Crippen LogP contribution in [0.15, 0.2) is 0 Å². The summed E-state index contributed by atoms with van der Waals surface area (Å²) >= 11 is 0. The van der Waals surface area contributed by atoms with Crippen molar-refractivity contribution < 1.29 is 38.2 Å². The van der Waals surface area contributed by atoms with Crippen LogP contribution < -0.4 is 0 Å². The maximum Gasteiger partial charge on any atom is 0.329 e. The zero-order valence-electron chi connectivity index (χ0n) is 44.2. The molecular formula is C56H107NO8. The number of ether oxygens (including phenoxy) is 3. The predicted molar refractivity (Wildman–Crippen MR) is 272 cm³/mol. The molecule has 9 heteroatoms. The highest BCUT2D eigenvalue weighted by Crippen LogP contribution is 2.25. The van der Waals surface area contributed by atoms with Crippen LogP contribution in [-0.4, -0.2) is 66.4 Å². The normalized spacial score (nSPS) is 14.3. The molecule has 0 saturated carbocycles. The van der Waals surface area contributed by atoms with Crippen LogP contribution in [0.25, 0.3) is 0 Å². The molecule has 0 spiro atoms. The molecule has 1 unspecified atom stereocenters. The lowest BCUT2D eigenvalue weighted by molar-refractivity contribution is -0.153. The number of unbranched alkanes of at least 4 members (excludes halogenated alkanes) is 24. The molecule has 1 fully saturated rings. The van der Waals surface area contributed by atoms with E-state index in [4.69, 9.17) is 14.2 Å². The van der Waals surface area contributed by atoms with Gasteiger partial charge in [0.05, 0.1) is 19.8 Å². The Labute approximate surface area is 402 Å². The van der Waals surface area contributed by atoms with Gasteiger partial charge in [-0.05, 0) is 51.4 Å². The lowest BCUT2D eigenvalue weighted by Crippen LogP contribution is -2.41. The molecule has 1 rings (SSSR count). The smallest absolute Gasteiger partial charge is 0.329 e. The SMILES string of the molecule is CC.CCCCCCCCC(C)CCCCCCCC.CCCCCCCCCCCOC(=O)CCCCC(=O)N1CC(OC(=O)CCCC)C[C@H]1C(=O)OCCCCCCCC(C)=O. The van der Waals surface area contributed by atoms with Crippen LogP contribution in [0.4, 0.5) is 0 Å². The van der Waals surface area contributed by atoms with Gasteiger partial charge in [-0.25, -0.2) is 4.79 Å². The molecule has 0 N–H and O–H groups in total. The first-order valence-electron chi connectivity index (χ1n) is 27.9. The van der Waals surface area contributed by atoms with Crippen LogP contribution in [0.1, 0.15) is 293 Å². The fourth-order valence-corrected chi connectivity index (χ4v) is 8.27. The lowest BCUT2D eigenvalue weighted by atomic mass is 9.96. The second kappa shape index (κ2) is 49.5. The van der Waals surface area contributed by atoms with Crippen LogP contribution in [-0.2, 0) is 38.2 Å². The largest absolute Gasteiger partial charge is 0.466 e. The maximum absolute atomic E-state index is 13.1. The van der Waals surface area contributed by atoms with E-state index in [0.717, 1.165) is 63.7 Å². The summed E-state index contributed by atoms with van der Waals surface area (Å²) in [6.45, 7) is 17.8. The molecule has 0 radical (unpaired) electrons. The van der Waals surface area contributed by atoms with Crippen molar-refractivity contribution in [2.45, 2.75) is 305 Å². The van der Waals surface area contributed by atoms with Crippen molar-refractivity contribution in [2.24, 2.45) is 5.92 Å². The Bertz CT molecular complexity index is 1100. The van der Waals surface area contributed by atoms with E-state index >= 15 is 0 Å². The molecule has 1 aliphatic heterocycles. The summed E-state index contributed by atoms with van der Waals surface area (Å²) in [4.78, 5) is 63.0. The minimum Gasteiger partial charge on any atom is -0.466 e. The van der Waals surface area contributed by atoms with Gasteiger partial charge in [-0.1, -0.05) is 215 Å². The van der Waals surface area contributed by atoms with E-state index < -0.39 is 18.1 Å². The summed E-state index contributed by atoms with van der Waals surface area (Å²) in [6, 6.07) is -0.779. The highest BCUT2D eigenvalue weighted by atomic mass is 16.6. The van der Waals surface area contributed by atoms with E-state index in [0.29, 0.717) is 32.3 Å². The standard InChI is InChI=1S/C36H63NO8.C18H38.C2H6/c1-4-6-8-9-10-11-12-15-20-26-43-34(40)25-19-18-23-33(39)37-29-31(45-35(41)24-7-5-2)28-32(37)36(42)44-27-21-16-13-14-17-22-30(3)38;1-4-6-8-10-12-14-16-18(3)17-15-13-11-9-7-5-2;1-2/h31-32H,4-29H2,1-3H3;18H,4-17H2,1-3H3;1-2H3/t31?,32-;;/m0../s1. The molecule has 0 aromatic heterocycles. The van der Waals surface area contributed by atoms with Gasteiger partial charge in [-0.15, -0.1) is 0 Å². The number of Topliss-reactive ketones (excluding diaryl/α,β-unsaturated/α-hetero) is 1. The molecule has 1 aliphatic rings. The summed E-state index contributed by atoms with van der Waals surface area (Å²) in [7, 11) is 0. The van der Waals surface area contributed by atoms with E-state index in [-0.39, 0.29) is 56.0 Å². The molecule has 384 valence electrons. The number of rotatable bonds is 42. The quantitative estimate of drug-likeness (QED) is 0.0338. The summed E-state index contributed by atoms with van der Waals surface area (Å²) in [5, 5.41) is 0. The van der Waals surface area contributed by atoms with Gasteiger partial charge in [-0.3, -0.25) is 14.4 Å². The Kier molecular flexibility index (Phi) is 49.2. The van der Waals surface area contributed by atoms with Gasteiger partial charge < -0.3 is 23.9 Å². The van der Waals surface area contributed by atoms with Crippen molar-refractivity contribution in [1.29, 1.82) is 0 Å². The molecule has 0 aromatic carbocycles. The Balaban J connectivity index is 0. The van der Waals surface area contributed by atoms with Crippen LogP contribution in [0.3, 0.4) is 0 Å². The minimum atomic E-state index is -0.779. The van der Waals surface area contributed by atoms with Gasteiger partial charge in [0.15, 0.2) is 0 Å². The average Bonchev–Trinajstić information content (AvgIpc) is 3.72. The van der Waals surface area contributed by atoms with Gasteiger partial charge in [0.2, 0.25) is 5.91 Å². The Morgan fingerprint density at radius 3 is 1.37 bits per heavy atom. The monoisotopic (exact) mass is 922 g/mol. The number of hydrogen-bond acceptors (Lipinski definition) is 8. The summed E-state index contributed by atoms with van der Waals surface area (Å²) in [6.07, 6.45) is 39.4. The number of esters is 3. The Hall–Kier alpha value is -2.45. The molecule has 65 heavy (non-hydrogen) atoms. The van der Waals surface area contributed by atoms with E-state index in [1.54, 1.807) is 6.92 Å². The van der Waals surface area contributed by atoms with Crippen LogP contribution >= 0.6 is 0 Å². The number of ketones is 1. The minimum absolute atomic E-state index is 0.174. The van der Waals surface area contributed by atoms with E-state index in [1.165, 1.54) is 140 Å². The van der Waals surface area contributed by atoms with Crippen molar-refractivity contribution in [3.8, 4) is 0 Å². The second-order valence-electron chi connectivity index (χ2n) is 18.9. The molecule has 0 aliphatic carbocycles. The first-order chi connectivity index (χ1) is 31.6. The zero-order chi connectivity index (χ0) is 48.6. The van der Waals surface area contributed by atoms with Crippen LogP contribution in [0.5, 0.6) is 0 Å². The zero-order valence-corrected chi connectivity index (χ0v) is 44.2. The number of amides is 1. The number of hydrogen-bond donors (Lipinski definition) is 0. The van der Waals surface area contributed by atoms with Gasteiger partial charge in [-0.2, -0.15) is 0 Å². The Morgan fingerprint density at radius 2 is 0.877 bits per heavy atom. The molecule has 1 saturated heterocycles. The topological polar surface area (TPSA) is 116 Å². The lowest BCUT2D eigenvalue weighted by Gasteiger charge is -2.23. The predicted octanol–water partition coefficient (Wildman–Crippen LogP) is 15.9. The fraction of sp³-hybridized carbons (Fsp3) is 0.911.